The van der Waals surface area contributed by atoms with Gasteiger partial charge in [0.2, 0.25) is 0 Å². The van der Waals surface area contributed by atoms with E-state index in [1.54, 1.807) is 11.3 Å². The van der Waals surface area contributed by atoms with Gasteiger partial charge in [-0.15, -0.1) is 22.7 Å². The monoisotopic (exact) mass is 219 g/mol. The maximum Gasteiger partial charge on any atom is 0.160 e. The third-order valence-corrected chi connectivity index (χ3v) is 3.95. The van der Waals surface area contributed by atoms with E-state index in [4.69, 9.17) is 0 Å². The van der Waals surface area contributed by atoms with Gasteiger partial charge in [-0.25, -0.2) is 4.98 Å². The van der Waals surface area contributed by atoms with Crippen molar-refractivity contribution < 1.29 is 4.79 Å². The molecule has 14 heavy (non-hydrogen) atoms. The number of hydrogen-bond acceptors (Lipinski definition) is 4. The van der Waals surface area contributed by atoms with Gasteiger partial charge >= 0.3 is 0 Å². The second-order valence-electron chi connectivity index (χ2n) is 2.94. The number of fused-ring (bicyclic) bond motifs is 3. The fourth-order valence-electron chi connectivity index (χ4n) is 1.51. The van der Waals surface area contributed by atoms with Crippen LogP contribution in [0.4, 0.5) is 0 Å². The molecule has 2 nitrogen and oxygen atoms in total. The lowest BCUT2D eigenvalue weighted by Gasteiger charge is -1.89. The fourth-order valence-corrected chi connectivity index (χ4v) is 3.11. The summed E-state index contributed by atoms with van der Waals surface area (Å²) in [6.45, 7) is 0. The normalized spacial score (nSPS) is 11.1. The van der Waals surface area contributed by atoms with E-state index in [1.807, 2.05) is 17.6 Å². The SMILES string of the molecule is O=Cc1cc2c(ncc3sccc32)s1. The smallest absolute Gasteiger partial charge is 0.160 e. The third kappa shape index (κ3) is 1.01. The van der Waals surface area contributed by atoms with Gasteiger partial charge in [0.1, 0.15) is 4.83 Å². The molecule has 0 aliphatic heterocycles. The molecule has 3 heterocycles. The number of aldehydes is 1. The van der Waals surface area contributed by atoms with Crippen molar-refractivity contribution in [2.24, 2.45) is 0 Å². The maximum absolute atomic E-state index is 10.6. The summed E-state index contributed by atoms with van der Waals surface area (Å²) in [5.41, 5.74) is 0. The molecule has 0 aliphatic rings. The zero-order valence-electron chi connectivity index (χ0n) is 7.06. The van der Waals surface area contributed by atoms with Crippen LogP contribution in [0.5, 0.6) is 0 Å². The second kappa shape index (κ2) is 2.87. The van der Waals surface area contributed by atoms with E-state index < -0.39 is 0 Å². The van der Waals surface area contributed by atoms with Crippen LogP contribution < -0.4 is 0 Å². The zero-order valence-corrected chi connectivity index (χ0v) is 8.69. The van der Waals surface area contributed by atoms with E-state index in [1.165, 1.54) is 21.4 Å². The Morgan fingerprint density at radius 3 is 3.14 bits per heavy atom. The quantitative estimate of drug-likeness (QED) is 0.588. The minimum absolute atomic E-state index is 0.742. The molecular formula is C10H5NOS2. The van der Waals surface area contributed by atoms with Crippen LogP contribution in [0.15, 0.2) is 23.7 Å². The summed E-state index contributed by atoms with van der Waals surface area (Å²) in [5.74, 6) is 0. The molecule has 0 N–H and O–H groups in total. The van der Waals surface area contributed by atoms with Crippen LogP contribution >= 0.6 is 22.7 Å². The van der Waals surface area contributed by atoms with Gasteiger partial charge in [0.15, 0.2) is 6.29 Å². The molecular weight excluding hydrogens is 214 g/mol. The molecule has 4 heteroatoms. The van der Waals surface area contributed by atoms with Crippen molar-refractivity contribution in [2.45, 2.75) is 0 Å². The lowest BCUT2D eigenvalue weighted by Crippen LogP contribution is -1.69. The second-order valence-corrected chi connectivity index (χ2v) is 4.95. The number of carbonyl (C=O) groups excluding carboxylic acids is 1. The Bertz CT molecular complexity index is 623. The molecule has 0 saturated carbocycles. The Hall–Kier alpha value is -1.26. The highest BCUT2D eigenvalue weighted by molar-refractivity contribution is 7.21. The standard InChI is InChI=1S/C10H5NOS2/c12-5-6-3-8-7-1-2-13-9(7)4-11-10(8)14-6/h1-5H. The number of carbonyl (C=O) groups is 1. The maximum atomic E-state index is 10.6. The van der Waals surface area contributed by atoms with Crippen LogP contribution in [0.25, 0.3) is 20.3 Å². The van der Waals surface area contributed by atoms with Gasteiger partial charge in [0, 0.05) is 17.0 Å². The highest BCUT2D eigenvalue weighted by atomic mass is 32.1. The van der Waals surface area contributed by atoms with E-state index in [2.05, 4.69) is 11.1 Å². The minimum atomic E-state index is 0.742. The van der Waals surface area contributed by atoms with Gasteiger partial charge in [0.05, 0.1) is 9.58 Å². The highest BCUT2D eigenvalue weighted by Gasteiger charge is 2.06. The summed E-state index contributed by atoms with van der Waals surface area (Å²) < 4.78 is 1.17. The summed E-state index contributed by atoms with van der Waals surface area (Å²) in [4.78, 5) is 16.6. The van der Waals surface area contributed by atoms with E-state index >= 15 is 0 Å². The van der Waals surface area contributed by atoms with Crippen LogP contribution in [0.2, 0.25) is 0 Å². The molecule has 0 saturated heterocycles. The first-order valence-electron chi connectivity index (χ1n) is 4.09. The summed E-state index contributed by atoms with van der Waals surface area (Å²) >= 11 is 3.11. The fraction of sp³-hybridized carbons (Fsp3) is 0. The van der Waals surface area contributed by atoms with Gasteiger partial charge < -0.3 is 0 Å². The molecule has 3 rings (SSSR count). The molecule has 0 bridgehead atoms. The Morgan fingerprint density at radius 1 is 1.36 bits per heavy atom. The van der Waals surface area contributed by atoms with Gasteiger partial charge in [-0.1, -0.05) is 0 Å². The highest BCUT2D eigenvalue weighted by Crippen LogP contribution is 2.31. The Kier molecular flexibility index (Phi) is 1.65. The average molecular weight is 219 g/mol. The molecule has 0 radical (unpaired) electrons. The van der Waals surface area contributed by atoms with Crippen molar-refractivity contribution in [1.29, 1.82) is 0 Å². The number of aromatic nitrogens is 1. The van der Waals surface area contributed by atoms with Crippen LogP contribution in [-0.4, -0.2) is 11.3 Å². The van der Waals surface area contributed by atoms with Crippen LogP contribution in [0, 0.1) is 0 Å². The van der Waals surface area contributed by atoms with Crippen molar-refractivity contribution in [3.8, 4) is 0 Å². The van der Waals surface area contributed by atoms with Crippen molar-refractivity contribution in [3.05, 3.63) is 28.6 Å². The van der Waals surface area contributed by atoms with E-state index in [0.717, 1.165) is 21.4 Å². The predicted molar refractivity (Wildman–Crippen MR) is 60.4 cm³/mol. The summed E-state index contributed by atoms with van der Waals surface area (Å²) in [6, 6.07) is 3.99. The van der Waals surface area contributed by atoms with Gasteiger partial charge in [-0.05, 0) is 17.5 Å². The first-order chi connectivity index (χ1) is 6.88. The number of nitrogens with zero attached hydrogens (tertiary/aromatic N) is 1. The van der Waals surface area contributed by atoms with E-state index in [9.17, 15) is 4.79 Å². The topological polar surface area (TPSA) is 30.0 Å². The van der Waals surface area contributed by atoms with Crippen molar-refractivity contribution in [3.63, 3.8) is 0 Å². The Morgan fingerprint density at radius 2 is 2.29 bits per heavy atom. The molecule has 0 atom stereocenters. The number of thiophene rings is 2. The third-order valence-electron chi connectivity index (χ3n) is 2.13. The van der Waals surface area contributed by atoms with Crippen LogP contribution in [0.1, 0.15) is 9.67 Å². The predicted octanol–water partition coefficient (Wildman–Crippen LogP) is 3.32. The zero-order chi connectivity index (χ0) is 9.54. The molecule has 0 aliphatic carbocycles. The number of hydrogen-bond donors (Lipinski definition) is 0. The van der Waals surface area contributed by atoms with Crippen molar-refractivity contribution in [1.82, 2.24) is 4.98 Å². The van der Waals surface area contributed by atoms with Gasteiger partial charge in [0.25, 0.3) is 0 Å². The van der Waals surface area contributed by atoms with E-state index in [0.29, 0.717) is 0 Å². The van der Waals surface area contributed by atoms with E-state index in [-0.39, 0.29) is 0 Å². The summed E-state index contributed by atoms with van der Waals surface area (Å²) in [7, 11) is 0. The Balaban J connectivity index is 2.54. The number of rotatable bonds is 1. The number of pyridine rings is 1. The molecule has 0 spiro atoms. The summed E-state index contributed by atoms with van der Waals surface area (Å²) in [5, 5.41) is 4.34. The molecule has 3 aromatic rings. The first-order valence-corrected chi connectivity index (χ1v) is 5.79. The molecule has 3 aromatic heterocycles. The minimum Gasteiger partial charge on any atom is -0.297 e. The molecule has 0 aromatic carbocycles. The summed E-state index contributed by atoms with van der Waals surface area (Å²) in [6.07, 6.45) is 2.75. The largest absolute Gasteiger partial charge is 0.297 e. The van der Waals surface area contributed by atoms with Crippen LogP contribution in [0.3, 0.4) is 0 Å². The van der Waals surface area contributed by atoms with Crippen LogP contribution in [-0.2, 0) is 0 Å². The molecule has 0 amide bonds. The van der Waals surface area contributed by atoms with Crippen molar-refractivity contribution in [2.75, 3.05) is 0 Å². The Labute approximate surface area is 87.8 Å². The first kappa shape index (κ1) is 8.08. The van der Waals surface area contributed by atoms with Gasteiger partial charge in [-0.3, -0.25) is 4.79 Å². The molecule has 0 unspecified atom stereocenters. The molecule has 68 valence electrons. The van der Waals surface area contributed by atoms with Gasteiger partial charge in [-0.2, -0.15) is 0 Å². The lowest BCUT2D eigenvalue weighted by molar-refractivity contribution is 0.112. The lowest BCUT2D eigenvalue weighted by atomic mass is 10.2. The van der Waals surface area contributed by atoms with Crippen molar-refractivity contribution >= 4 is 49.3 Å². The average Bonchev–Trinajstić information content (AvgIpc) is 2.82. The molecule has 0 fully saturated rings.